The highest BCUT2D eigenvalue weighted by atomic mass is 16.5. The van der Waals surface area contributed by atoms with Crippen LogP contribution in [0.2, 0.25) is 0 Å². The molecule has 1 saturated carbocycles. The Hall–Kier alpha value is -1.51. The molecule has 0 spiro atoms. The SMILES string of the molecule is Cc1cccc(O[C@@H](C)C(=O)N(C)C2CCCC2)c1C. The van der Waals surface area contributed by atoms with Crippen LogP contribution in [0.1, 0.15) is 43.7 Å². The van der Waals surface area contributed by atoms with E-state index in [9.17, 15) is 4.79 Å². The van der Waals surface area contributed by atoms with Gasteiger partial charge in [-0.25, -0.2) is 0 Å². The molecule has 0 radical (unpaired) electrons. The summed E-state index contributed by atoms with van der Waals surface area (Å²) in [7, 11) is 1.90. The van der Waals surface area contributed by atoms with E-state index in [1.165, 1.54) is 18.4 Å². The minimum Gasteiger partial charge on any atom is -0.481 e. The zero-order valence-electron chi connectivity index (χ0n) is 13.0. The normalized spacial score (nSPS) is 17.0. The van der Waals surface area contributed by atoms with Crippen molar-refractivity contribution in [3.8, 4) is 5.75 Å². The summed E-state index contributed by atoms with van der Waals surface area (Å²) < 4.78 is 5.88. The van der Waals surface area contributed by atoms with Crippen molar-refractivity contribution in [2.24, 2.45) is 0 Å². The molecule has 3 heteroatoms. The predicted molar refractivity (Wildman–Crippen MR) is 81.0 cm³/mol. The molecule has 0 bridgehead atoms. The molecule has 1 amide bonds. The highest BCUT2D eigenvalue weighted by Crippen LogP contribution is 2.25. The Bertz CT molecular complexity index is 478. The van der Waals surface area contributed by atoms with Crippen LogP contribution in [-0.2, 0) is 4.79 Å². The fraction of sp³-hybridized carbons (Fsp3) is 0.588. The Morgan fingerprint density at radius 1 is 1.30 bits per heavy atom. The second-order valence-electron chi connectivity index (χ2n) is 5.85. The number of aryl methyl sites for hydroxylation is 1. The molecule has 1 aromatic carbocycles. The largest absolute Gasteiger partial charge is 0.481 e. The maximum atomic E-state index is 12.4. The monoisotopic (exact) mass is 275 g/mol. The standard InChI is InChI=1S/C17H25NO2/c1-12-8-7-11-16(13(12)2)20-14(3)17(19)18(4)15-9-5-6-10-15/h7-8,11,14-15H,5-6,9-10H2,1-4H3/t14-/m0/s1. The summed E-state index contributed by atoms with van der Waals surface area (Å²) in [5.41, 5.74) is 2.29. The first-order valence-electron chi connectivity index (χ1n) is 7.50. The summed E-state index contributed by atoms with van der Waals surface area (Å²) >= 11 is 0. The van der Waals surface area contributed by atoms with Crippen LogP contribution in [0.5, 0.6) is 5.75 Å². The number of rotatable bonds is 4. The minimum atomic E-state index is -0.430. The average molecular weight is 275 g/mol. The number of benzene rings is 1. The lowest BCUT2D eigenvalue weighted by Crippen LogP contribution is -2.43. The zero-order chi connectivity index (χ0) is 14.7. The fourth-order valence-electron chi connectivity index (χ4n) is 2.85. The average Bonchev–Trinajstić information content (AvgIpc) is 2.96. The van der Waals surface area contributed by atoms with Crippen LogP contribution >= 0.6 is 0 Å². The van der Waals surface area contributed by atoms with Crippen molar-refractivity contribution in [1.82, 2.24) is 4.90 Å². The van der Waals surface area contributed by atoms with E-state index >= 15 is 0 Å². The van der Waals surface area contributed by atoms with Crippen LogP contribution in [0.3, 0.4) is 0 Å². The number of likely N-dealkylation sites (N-methyl/N-ethyl adjacent to an activating group) is 1. The highest BCUT2D eigenvalue weighted by molar-refractivity contribution is 5.81. The topological polar surface area (TPSA) is 29.5 Å². The van der Waals surface area contributed by atoms with Gasteiger partial charge in [0.25, 0.3) is 5.91 Å². The first kappa shape index (κ1) is 14.9. The Balaban J connectivity index is 2.01. The van der Waals surface area contributed by atoms with Gasteiger partial charge >= 0.3 is 0 Å². The third-order valence-electron chi connectivity index (χ3n) is 4.43. The smallest absolute Gasteiger partial charge is 0.263 e. The second kappa shape index (κ2) is 6.29. The van der Waals surface area contributed by atoms with Gasteiger partial charge in [-0.1, -0.05) is 25.0 Å². The lowest BCUT2D eigenvalue weighted by atomic mass is 10.1. The minimum absolute atomic E-state index is 0.0813. The molecule has 2 rings (SSSR count). The van der Waals surface area contributed by atoms with Gasteiger partial charge in [0.15, 0.2) is 6.10 Å². The summed E-state index contributed by atoms with van der Waals surface area (Å²) in [6.07, 6.45) is 4.28. The van der Waals surface area contributed by atoms with E-state index in [0.29, 0.717) is 6.04 Å². The van der Waals surface area contributed by atoms with E-state index in [1.807, 2.05) is 37.9 Å². The Kier molecular flexibility index (Phi) is 4.69. The molecule has 1 fully saturated rings. The lowest BCUT2D eigenvalue weighted by Gasteiger charge is -2.27. The van der Waals surface area contributed by atoms with Gasteiger partial charge in [0.05, 0.1) is 0 Å². The molecule has 0 saturated heterocycles. The summed E-state index contributed by atoms with van der Waals surface area (Å²) in [6, 6.07) is 6.35. The van der Waals surface area contributed by atoms with E-state index in [-0.39, 0.29) is 5.91 Å². The van der Waals surface area contributed by atoms with E-state index in [4.69, 9.17) is 4.74 Å². The van der Waals surface area contributed by atoms with Crippen LogP contribution in [0.25, 0.3) is 0 Å². The number of carbonyl (C=O) groups excluding carboxylic acids is 1. The van der Waals surface area contributed by atoms with Crippen molar-refractivity contribution >= 4 is 5.91 Å². The van der Waals surface area contributed by atoms with Gasteiger partial charge in [-0.05, 0) is 50.8 Å². The van der Waals surface area contributed by atoms with Crippen LogP contribution in [0, 0.1) is 13.8 Å². The predicted octanol–water partition coefficient (Wildman–Crippen LogP) is 3.47. The molecular formula is C17H25NO2. The number of ether oxygens (including phenoxy) is 1. The van der Waals surface area contributed by atoms with Crippen molar-refractivity contribution in [2.75, 3.05) is 7.05 Å². The number of hydrogen-bond acceptors (Lipinski definition) is 2. The number of amides is 1. The molecule has 1 aromatic rings. The Morgan fingerprint density at radius 3 is 2.60 bits per heavy atom. The second-order valence-corrected chi connectivity index (χ2v) is 5.85. The summed E-state index contributed by atoms with van der Waals surface area (Å²) in [4.78, 5) is 14.3. The van der Waals surface area contributed by atoms with Gasteiger partial charge in [-0.2, -0.15) is 0 Å². The van der Waals surface area contributed by atoms with Gasteiger partial charge in [0.1, 0.15) is 5.75 Å². The van der Waals surface area contributed by atoms with Crippen LogP contribution in [0.4, 0.5) is 0 Å². The van der Waals surface area contributed by atoms with Gasteiger partial charge in [0.2, 0.25) is 0 Å². The third kappa shape index (κ3) is 3.14. The van der Waals surface area contributed by atoms with E-state index < -0.39 is 6.10 Å². The van der Waals surface area contributed by atoms with Crippen molar-refractivity contribution in [1.29, 1.82) is 0 Å². The quantitative estimate of drug-likeness (QED) is 0.842. The molecule has 3 nitrogen and oxygen atoms in total. The first-order chi connectivity index (χ1) is 9.50. The molecule has 0 heterocycles. The lowest BCUT2D eigenvalue weighted by molar-refractivity contribution is -0.138. The van der Waals surface area contributed by atoms with Crippen molar-refractivity contribution in [2.45, 2.75) is 58.6 Å². The summed E-state index contributed by atoms with van der Waals surface area (Å²) in [5.74, 6) is 0.892. The number of carbonyl (C=O) groups is 1. The number of hydrogen-bond donors (Lipinski definition) is 0. The molecule has 1 atom stereocenters. The van der Waals surface area contributed by atoms with Gasteiger partial charge in [-0.15, -0.1) is 0 Å². The van der Waals surface area contributed by atoms with E-state index in [1.54, 1.807) is 0 Å². The Morgan fingerprint density at radius 2 is 1.95 bits per heavy atom. The molecule has 1 aliphatic carbocycles. The molecule has 0 aliphatic heterocycles. The molecule has 110 valence electrons. The van der Waals surface area contributed by atoms with Crippen LogP contribution < -0.4 is 4.74 Å². The highest BCUT2D eigenvalue weighted by Gasteiger charge is 2.27. The van der Waals surface area contributed by atoms with Gasteiger partial charge in [0, 0.05) is 13.1 Å². The molecule has 0 N–H and O–H groups in total. The van der Waals surface area contributed by atoms with Gasteiger partial charge < -0.3 is 9.64 Å². The molecule has 0 aromatic heterocycles. The molecular weight excluding hydrogens is 250 g/mol. The van der Waals surface area contributed by atoms with Crippen molar-refractivity contribution in [3.63, 3.8) is 0 Å². The van der Waals surface area contributed by atoms with Crippen molar-refractivity contribution < 1.29 is 9.53 Å². The van der Waals surface area contributed by atoms with Gasteiger partial charge in [-0.3, -0.25) is 4.79 Å². The Labute approximate surface area is 121 Å². The van der Waals surface area contributed by atoms with Crippen molar-refractivity contribution in [3.05, 3.63) is 29.3 Å². The maximum absolute atomic E-state index is 12.4. The first-order valence-corrected chi connectivity index (χ1v) is 7.50. The fourth-order valence-corrected chi connectivity index (χ4v) is 2.85. The summed E-state index contributed by atoms with van der Waals surface area (Å²) in [5, 5.41) is 0. The number of nitrogens with zero attached hydrogens (tertiary/aromatic N) is 1. The molecule has 0 unspecified atom stereocenters. The third-order valence-corrected chi connectivity index (χ3v) is 4.43. The van der Waals surface area contributed by atoms with E-state index in [2.05, 4.69) is 13.0 Å². The molecule has 1 aliphatic rings. The van der Waals surface area contributed by atoms with Crippen LogP contribution in [0.15, 0.2) is 18.2 Å². The summed E-state index contributed by atoms with van der Waals surface area (Å²) in [6.45, 7) is 5.93. The molecule has 20 heavy (non-hydrogen) atoms. The maximum Gasteiger partial charge on any atom is 0.263 e. The zero-order valence-corrected chi connectivity index (χ0v) is 13.0. The van der Waals surface area contributed by atoms with E-state index in [0.717, 1.165) is 24.2 Å². The van der Waals surface area contributed by atoms with Crippen LogP contribution in [-0.4, -0.2) is 30.0 Å².